The summed E-state index contributed by atoms with van der Waals surface area (Å²) in [5.41, 5.74) is 0. The minimum Gasteiger partial charge on any atom is -0.413 e. The Morgan fingerprint density at radius 3 is 1.90 bits per heavy atom. The number of benzene rings is 1. The van der Waals surface area contributed by atoms with Gasteiger partial charge in [-0.25, -0.2) is 8.57 Å². The van der Waals surface area contributed by atoms with Gasteiger partial charge in [0.25, 0.3) is 0 Å². The summed E-state index contributed by atoms with van der Waals surface area (Å²) in [5.74, 6) is 0.327. The van der Waals surface area contributed by atoms with Gasteiger partial charge in [-0.05, 0) is 80.0 Å². The van der Waals surface area contributed by atoms with Crippen molar-refractivity contribution in [1.82, 2.24) is 0 Å². The van der Waals surface area contributed by atoms with Gasteiger partial charge in [-0.15, -0.1) is 13.2 Å². The van der Waals surface area contributed by atoms with Crippen LogP contribution in [0, 0.1) is 11.8 Å². The minimum absolute atomic E-state index is 0.00313. The quantitative estimate of drug-likeness (QED) is 0.112. The number of nitrogens with zero attached hydrogens (tertiary/aromatic N) is 1. The average molecular weight is 634 g/mol. The van der Waals surface area contributed by atoms with Crippen LogP contribution in [-0.2, 0) is 18.6 Å². The molecular weight excluding hydrogens is 571 g/mol. The lowest BCUT2D eigenvalue weighted by molar-refractivity contribution is 0.110. The van der Waals surface area contributed by atoms with Gasteiger partial charge < -0.3 is 8.85 Å². The van der Waals surface area contributed by atoms with Crippen molar-refractivity contribution in [1.29, 1.82) is 0 Å². The molecule has 0 saturated carbocycles. The molecule has 1 aromatic carbocycles. The molecule has 4 atom stereocenters. The van der Waals surface area contributed by atoms with E-state index >= 15 is 4.21 Å². The van der Waals surface area contributed by atoms with Crippen molar-refractivity contribution in [3.8, 4) is 0 Å². The summed E-state index contributed by atoms with van der Waals surface area (Å²) in [5, 5.41) is 0.00313. The van der Waals surface area contributed by atoms with E-state index in [9.17, 15) is 0 Å². The molecule has 0 bridgehead atoms. The van der Waals surface area contributed by atoms with Gasteiger partial charge >= 0.3 is 0 Å². The zero-order valence-electron chi connectivity index (χ0n) is 28.9. The molecule has 42 heavy (non-hydrogen) atoms. The molecule has 0 amide bonds. The highest BCUT2D eigenvalue weighted by Gasteiger charge is 2.42. The molecule has 0 aliphatic heterocycles. The smallest absolute Gasteiger partial charge is 0.192 e. The third-order valence-electron chi connectivity index (χ3n) is 9.38. The predicted octanol–water partition coefficient (Wildman–Crippen LogP) is 11.0. The SMILES string of the molecule is C=CCC[C@H](O[Si](CC)(CC)CC)[C@@H](/C=C(\[C@@H](CCC=C)O[Si](C)(C)C(C)(C)C)S(=O)(=NC)c1ccccc1)C(C)C. The lowest BCUT2D eigenvalue weighted by atomic mass is 9.87. The van der Waals surface area contributed by atoms with Gasteiger partial charge in [-0.3, -0.25) is 0 Å². The molecule has 0 spiro atoms. The summed E-state index contributed by atoms with van der Waals surface area (Å²) in [4.78, 5) is 1.53. The monoisotopic (exact) mass is 633 g/mol. The van der Waals surface area contributed by atoms with Crippen LogP contribution in [-0.4, -0.2) is 40.1 Å². The van der Waals surface area contributed by atoms with E-state index < -0.39 is 26.4 Å². The van der Waals surface area contributed by atoms with Crippen LogP contribution in [0.1, 0.15) is 81.1 Å². The van der Waals surface area contributed by atoms with Gasteiger partial charge in [0.1, 0.15) is 9.73 Å². The Morgan fingerprint density at radius 2 is 1.48 bits per heavy atom. The Bertz CT molecular complexity index is 1100. The summed E-state index contributed by atoms with van der Waals surface area (Å²) in [6.07, 6.45) is 9.13. The van der Waals surface area contributed by atoms with Crippen LogP contribution in [0.25, 0.3) is 0 Å². The van der Waals surface area contributed by atoms with E-state index in [-0.39, 0.29) is 29.1 Å². The van der Waals surface area contributed by atoms with Crippen molar-refractivity contribution in [3.63, 3.8) is 0 Å². The summed E-state index contributed by atoms with van der Waals surface area (Å²) < 4.78 is 34.4. The summed E-state index contributed by atoms with van der Waals surface area (Å²) >= 11 is 0. The third kappa shape index (κ3) is 10.1. The topological polar surface area (TPSA) is 47.9 Å². The Hall–Kier alpha value is -1.26. The van der Waals surface area contributed by atoms with Gasteiger partial charge in [0, 0.05) is 13.0 Å². The zero-order valence-corrected chi connectivity index (χ0v) is 31.7. The first-order valence-corrected chi connectivity index (χ1v) is 23.1. The van der Waals surface area contributed by atoms with Crippen LogP contribution in [0.2, 0.25) is 36.3 Å². The van der Waals surface area contributed by atoms with E-state index in [0.29, 0.717) is 6.42 Å². The molecule has 1 rings (SSSR count). The summed E-state index contributed by atoms with van der Waals surface area (Å²) in [6.45, 7) is 30.7. The van der Waals surface area contributed by atoms with Crippen molar-refractivity contribution < 1.29 is 13.1 Å². The van der Waals surface area contributed by atoms with Gasteiger partial charge in [0.05, 0.1) is 22.0 Å². The first-order chi connectivity index (χ1) is 19.6. The standard InChI is InChI=1S/C35H63NO3SSi2/c1-14-19-26-32(39-42(16-3,17-4)18-5)31(29(6)7)28-34(40(37,36-11)30-24-22-21-23-25-30)33(27-20-15-2)38-41(12,13)35(8,9)10/h14-15,21-25,28-29,31-33H,1-2,16-20,26-27H2,3-13H3/b34-28+/t31-,32-,33+,40?/m0/s1. The van der Waals surface area contributed by atoms with E-state index in [1.54, 1.807) is 7.05 Å². The molecule has 0 aliphatic carbocycles. The molecule has 0 fully saturated rings. The average Bonchev–Trinajstić information content (AvgIpc) is 2.96. The molecule has 1 unspecified atom stereocenters. The number of hydrogen-bond donors (Lipinski definition) is 0. The van der Waals surface area contributed by atoms with Crippen LogP contribution in [0.4, 0.5) is 0 Å². The Morgan fingerprint density at radius 1 is 0.952 bits per heavy atom. The van der Waals surface area contributed by atoms with Crippen molar-refractivity contribution in [2.24, 2.45) is 16.2 Å². The highest BCUT2D eigenvalue weighted by molar-refractivity contribution is 7.97. The Kier molecular flexibility index (Phi) is 16.0. The van der Waals surface area contributed by atoms with E-state index in [1.165, 1.54) is 0 Å². The normalized spacial score (nSPS) is 16.9. The third-order valence-corrected chi connectivity index (χ3v) is 21.0. The van der Waals surface area contributed by atoms with Gasteiger partial charge in [0.2, 0.25) is 0 Å². The first kappa shape index (κ1) is 38.8. The molecule has 0 heterocycles. The fraction of sp³-hybridized carbons (Fsp3) is 0.657. The van der Waals surface area contributed by atoms with Gasteiger partial charge in [0.15, 0.2) is 16.6 Å². The Balaban J connectivity index is 4.09. The second-order valence-electron chi connectivity index (χ2n) is 13.4. The van der Waals surface area contributed by atoms with Crippen molar-refractivity contribution in [2.75, 3.05) is 7.05 Å². The maximum absolute atomic E-state index is 15.3. The molecule has 7 heteroatoms. The molecule has 0 saturated heterocycles. The molecule has 0 radical (unpaired) electrons. The van der Waals surface area contributed by atoms with Crippen LogP contribution in [0.15, 0.2) is 75.9 Å². The van der Waals surface area contributed by atoms with E-state index in [4.69, 9.17) is 8.85 Å². The zero-order chi connectivity index (χ0) is 32.2. The summed E-state index contributed by atoms with van der Waals surface area (Å²) in [7, 11) is -5.41. The molecule has 0 aromatic heterocycles. The van der Waals surface area contributed by atoms with Crippen LogP contribution in [0.3, 0.4) is 0 Å². The number of rotatable bonds is 19. The maximum atomic E-state index is 15.3. The molecule has 0 N–H and O–H groups in total. The van der Waals surface area contributed by atoms with E-state index in [1.807, 2.05) is 42.5 Å². The maximum Gasteiger partial charge on any atom is 0.192 e. The van der Waals surface area contributed by atoms with Gasteiger partial charge in [-0.2, -0.15) is 0 Å². The van der Waals surface area contributed by atoms with Gasteiger partial charge in [-0.1, -0.05) is 91.8 Å². The molecule has 1 aromatic rings. The van der Waals surface area contributed by atoms with Crippen LogP contribution >= 0.6 is 0 Å². The van der Waals surface area contributed by atoms with E-state index in [2.05, 4.69) is 92.1 Å². The fourth-order valence-corrected chi connectivity index (χ4v) is 11.6. The highest BCUT2D eigenvalue weighted by atomic mass is 32.2. The Labute approximate surface area is 262 Å². The predicted molar refractivity (Wildman–Crippen MR) is 191 cm³/mol. The molecule has 0 aliphatic rings. The lowest BCUT2D eigenvalue weighted by Crippen LogP contribution is -2.45. The van der Waals surface area contributed by atoms with Crippen LogP contribution < -0.4 is 0 Å². The molecule has 240 valence electrons. The van der Waals surface area contributed by atoms with E-state index in [0.717, 1.165) is 47.2 Å². The number of hydrogen-bond acceptors (Lipinski definition) is 4. The second kappa shape index (κ2) is 17.3. The largest absolute Gasteiger partial charge is 0.413 e. The lowest BCUT2D eigenvalue weighted by Gasteiger charge is -2.41. The second-order valence-corrected chi connectivity index (χ2v) is 25.2. The number of allylic oxidation sites excluding steroid dienone is 2. The first-order valence-electron chi connectivity index (χ1n) is 16.1. The molecular formula is C35H63NO3SSi2. The fourth-order valence-electron chi connectivity index (χ4n) is 5.24. The minimum atomic E-state index is -2.95. The molecule has 4 nitrogen and oxygen atoms in total. The van der Waals surface area contributed by atoms with Crippen molar-refractivity contribution >= 4 is 26.4 Å². The van der Waals surface area contributed by atoms with Crippen molar-refractivity contribution in [2.45, 2.75) is 134 Å². The highest BCUT2D eigenvalue weighted by Crippen LogP contribution is 2.41. The van der Waals surface area contributed by atoms with Crippen molar-refractivity contribution in [3.05, 3.63) is 66.6 Å². The summed E-state index contributed by atoms with van der Waals surface area (Å²) in [6, 6.07) is 13.0. The van der Waals surface area contributed by atoms with Crippen LogP contribution in [0.5, 0.6) is 0 Å².